The summed E-state index contributed by atoms with van der Waals surface area (Å²) in [5, 5.41) is 0. The molecule has 1 aliphatic heterocycles. The lowest BCUT2D eigenvalue weighted by molar-refractivity contribution is -0.135. The van der Waals surface area contributed by atoms with Gasteiger partial charge in [-0.15, -0.1) is 0 Å². The number of hydrogen-bond acceptors (Lipinski definition) is 2. The second kappa shape index (κ2) is 5.30. The highest BCUT2D eigenvalue weighted by molar-refractivity contribution is 5.77. The van der Waals surface area contributed by atoms with E-state index >= 15 is 0 Å². The minimum atomic E-state index is -1.63. The molecule has 1 aromatic carbocycles. The number of nitrogens with two attached hydrogens (primary N) is 1. The van der Waals surface area contributed by atoms with Crippen LogP contribution in [0.25, 0.3) is 0 Å². The van der Waals surface area contributed by atoms with E-state index in [1.165, 1.54) is 11.8 Å². The Bertz CT molecular complexity index is 533. The van der Waals surface area contributed by atoms with E-state index in [0.29, 0.717) is 19.4 Å². The first-order valence-electron chi connectivity index (χ1n) is 6.27. The van der Waals surface area contributed by atoms with Crippen molar-refractivity contribution >= 4 is 11.6 Å². The molecule has 110 valence electrons. The molecule has 0 radical (unpaired) electrons. The van der Waals surface area contributed by atoms with E-state index in [2.05, 4.69) is 0 Å². The van der Waals surface area contributed by atoms with E-state index in [1.54, 1.807) is 0 Å². The number of amides is 1. The van der Waals surface area contributed by atoms with Crippen LogP contribution in [-0.4, -0.2) is 17.4 Å². The Morgan fingerprint density at radius 2 is 1.60 bits per heavy atom. The van der Waals surface area contributed by atoms with Crippen molar-refractivity contribution in [3.63, 3.8) is 0 Å². The number of hydrogen-bond donors (Lipinski definition) is 1. The molecular formula is C13H14F4N2O. The lowest BCUT2D eigenvalue weighted by Gasteiger charge is -2.33. The first-order chi connectivity index (χ1) is 9.36. The predicted molar refractivity (Wildman–Crippen MR) is 64.7 cm³/mol. The number of anilines is 1. The normalized spacial score (nSPS) is 17.4. The maximum atomic E-state index is 13.8. The van der Waals surface area contributed by atoms with Gasteiger partial charge in [0, 0.05) is 13.0 Å². The maximum absolute atomic E-state index is 13.8. The van der Waals surface area contributed by atoms with Crippen LogP contribution in [-0.2, 0) is 4.79 Å². The van der Waals surface area contributed by atoms with Gasteiger partial charge in [-0.2, -0.15) is 0 Å². The van der Waals surface area contributed by atoms with Crippen LogP contribution in [0.1, 0.15) is 37.8 Å². The molecule has 0 bridgehead atoms. The van der Waals surface area contributed by atoms with Gasteiger partial charge in [-0.25, -0.2) is 17.6 Å². The number of rotatable bonds is 2. The fourth-order valence-corrected chi connectivity index (χ4v) is 2.42. The molecule has 0 spiro atoms. The number of likely N-dealkylation sites (tertiary alicyclic amines) is 1. The van der Waals surface area contributed by atoms with E-state index in [-0.39, 0.29) is 12.3 Å². The molecule has 1 aromatic rings. The van der Waals surface area contributed by atoms with Crippen molar-refractivity contribution in [3.05, 3.63) is 28.8 Å². The van der Waals surface area contributed by atoms with Gasteiger partial charge < -0.3 is 10.6 Å². The molecule has 0 aromatic heterocycles. The van der Waals surface area contributed by atoms with Gasteiger partial charge in [0.2, 0.25) is 5.91 Å². The molecule has 7 heteroatoms. The zero-order valence-corrected chi connectivity index (χ0v) is 10.9. The summed E-state index contributed by atoms with van der Waals surface area (Å²) in [4.78, 5) is 13.0. The standard InChI is InChI=1S/C13H14F4N2O/c1-6(19-5-3-2-4-7(19)20)8-9(14)11(16)13(18)12(17)10(8)15/h6H,2-5,18H2,1H3. The van der Waals surface area contributed by atoms with Crippen LogP contribution in [0.3, 0.4) is 0 Å². The SMILES string of the molecule is CC(c1c(F)c(F)c(N)c(F)c1F)N1CCCCC1=O. The number of nitrogens with zero attached hydrogens (tertiary/aromatic N) is 1. The number of carbonyl (C=O) groups excluding carboxylic acids is 1. The van der Waals surface area contributed by atoms with Crippen molar-refractivity contribution in [2.45, 2.75) is 32.2 Å². The maximum Gasteiger partial charge on any atom is 0.223 e. The highest BCUT2D eigenvalue weighted by Crippen LogP contribution is 2.33. The predicted octanol–water partition coefficient (Wildman–Crippen LogP) is 2.90. The Balaban J connectivity index is 2.49. The minimum absolute atomic E-state index is 0.257. The summed E-state index contributed by atoms with van der Waals surface area (Å²) in [6, 6.07) is -1.09. The van der Waals surface area contributed by atoms with Gasteiger partial charge in [0.1, 0.15) is 5.69 Å². The third kappa shape index (κ3) is 2.21. The molecule has 1 heterocycles. The first-order valence-corrected chi connectivity index (χ1v) is 6.27. The monoisotopic (exact) mass is 290 g/mol. The van der Waals surface area contributed by atoms with Gasteiger partial charge in [-0.1, -0.05) is 0 Å². The summed E-state index contributed by atoms with van der Waals surface area (Å²) in [6.45, 7) is 1.63. The summed E-state index contributed by atoms with van der Waals surface area (Å²) in [5.74, 6) is -6.65. The first kappa shape index (κ1) is 14.6. The van der Waals surface area contributed by atoms with Crippen LogP contribution in [0, 0.1) is 23.3 Å². The summed E-state index contributed by atoms with van der Waals surface area (Å²) >= 11 is 0. The van der Waals surface area contributed by atoms with E-state index in [9.17, 15) is 22.4 Å². The van der Waals surface area contributed by atoms with E-state index in [4.69, 9.17) is 5.73 Å². The topological polar surface area (TPSA) is 46.3 Å². The third-order valence-electron chi connectivity index (χ3n) is 3.58. The van der Waals surface area contributed by atoms with Crippen LogP contribution in [0.15, 0.2) is 0 Å². The van der Waals surface area contributed by atoms with Crippen molar-refractivity contribution in [1.82, 2.24) is 4.90 Å². The van der Waals surface area contributed by atoms with Crippen LogP contribution in [0.5, 0.6) is 0 Å². The Labute approximate surface area is 113 Å². The zero-order chi connectivity index (χ0) is 15.0. The fraction of sp³-hybridized carbons (Fsp3) is 0.462. The highest BCUT2D eigenvalue weighted by Gasteiger charge is 2.32. The molecule has 1 fully saturated rings. The molecule has 1 unspecified atom stereocenters. The van der Waals surface area contributed by atoms with Gasteiger partial charge in [0.05, 0.1) is 11.6 Å². The van der Waals surface area contributed by atoms with Crippen molar-refractivity contribution in [2.24, 2.45) is 0 Å². The second-order valence-electron chi connectivity index (χ2n) is 4.80. The van der Waals surface area contributed by atoms with Crippen molar-refractivity contribution < 1.29 is 22.4 Å². The molecule has 2 N–H and O–H groups in total. The molecule has 2 rings (SSSR count). The summed E-state index contributed by atoms with van der Waals surface area (Å²) < 4.78 is 54.6. The van der Waals surface area contributed by atoms with Crippen LogP contribution >= 0.6 is 0 Å². The summed E-state index contributed by atoms with van der Waals surface area (Å²) in [6.07, 6.45) is 1.63. The van der Waals surface area contributed by atoms with E-state index < -0.39 is 40.6 Å². The van der Waals surface area contributed by atoms with E-state index in [0.717, 1.165) is 0 Å². The molecule has 1 aliphatic rings. The Kier molecular flexibility index (Phi) is 3.87. The van der Waals surface area contributed by atoms with Crippen LogP contribution in [0.2, 0.25) is 0 Å². The third-order valence-corrected chi connectivity index (χ3v) is 3.58. The number of halogens is 4. The van der Waals surface area contributed by atoms with Gasteiger partial charge in [-0.3, -0.25) is 4.79 Å². The quantitative estimate of drug-likeness (QED) is 0.517. The van der Waals surface area contributed by atoms with Crippen molar-refractivity contribution in [3.8, 4) is 0 Å². The highest BCUT2D eigenvalue weighted by atomic mass is 19.2. The number of benzene rings is 1. The molecule has 1 atom stereocenters. The van der Waals surface area contributed by atoms with Gasteiger partial charge in [0.15, 0.2) is 23.3 Å². The summed E-state index contributed by atoms with van der Waals surface area (Å²) in [5.41, 5.74) is 2.95. The molecule has 3 nitrogen and oxygen atoms in total. The lowest BCUT2D eigenvalue weighted by Crippen LogP contribution is -2.38. The number of piperidine rings is 1. The Morgan fingerprint density at radius 3 is 2.10 bits per heavy atom. The van der Waals surface area contributed by atoms with Gasteiger partial charge in [-0.05, 0) is 19.8 Å². The molecular weight excluding hydrogens is 276 g/mol. The number of carbonyl (C=O) groups is 1. The number of nitrogen functional groups attached to an aromatic ring is 1. The van der Waals surface area contributed by atoms with E-state index in [1.807, 2.05) is 0 Å². The van der Waals surface area contributed by atoms with Gasteiger partial charge >= 0.3 is 0 Å². The van der Waals surface area contributed by atoms with Crippen LogP contribution < -0.4 is 5.73 Å². The average molecular weight is 290 g/mol. The lowest BCUT2D eigenvalue weighted by atomic mass is 10.0. The Hall–Kier alpha value is -1.79. The van der Waals surface area contributed by atoms with Crippen LogP contribution in [0.4, 0.5) is 23.2 Å². The molecule has 20 heavy (non-hydrogen) atoms. The fourth-order valence-electron chi connectivity index (χ4n) is 2.42. The molecule has 1 saturated heterocycles. The van der Waals surface area contributed by atoms with Gasteiger partial charge in [0.25, 0.3) is 0 Å². The van der Waals surface area contributed by atoms with Crippen molar-refractivity contribution in [2.75, 3.05) is 12.3 Å². The molecule has 0 aliphatic carbocycles. The van der Waals surface area contributed by atoms with Crippen molar-refractivity contribution in [1.29, 1.82) is 0 Å². The largest absolute Gasteiger partial charge is 0.394 e. The second-order valence-corrected chi connectivity index (χ2v) is 4.80. The minimum Gasteiger partial charge on any atom is -0.394 e. The summed E-state index contributed by atoms with van der Waals surface area (Å²) in [7, 11) is 0. The smallest absolute Gasteiger partial charge is 0.223 e. The average Bonchev–Trinajstić information content (AvgIpc) is 2.43. The zero-order valence-electron chi connectivity index (χ0n) is 10.9. The molecule has 1 amide bonds. The Morgan fingerprint density at radius 1 is 1.05 bits per heavy atom. The molecule has 0 saturated carbocycles.